The van der Waals surface area contributed by atoms with Crippen LogP contribution >= 0.6 is 0 Å². The van der Waals surface area contributed by atoms with E-state index < -0.39 is 32.9 Å². The van der Waals surface area contributed by atoms with Gasteiger partial charge >= 0.3 is 5.97 Å². The van der Waals surface area contributed by atoms with Crippen molar-refractivity contribution in [2.24, 2.45) is 5.41 Å². The largest absolute Gasteiger partial charge is 0.481 e. The third-order valence-corrected chi connectivity index (χ3v) is 12.9. The average molecular weight is 719 g/mol. The monoisotopic (exact) mass is 718 g/mol. The van der Waals surface area contributed by atoms with Crippen molar-refractivity contribution >= 4 is 27.5 Å². The standard InChI is InChI=1S/C37H46N6O7S/c1-21-7-8-25(31(36(5,6)35(45)46)29-9-12-43-24(4)40-41-33(43)23(29)3)16-26(21)19-42-20-37(10-13-49-14-11-37)50-34-30(51(42,47)48)15-22(2)32(39-34)38-27-17-28(44)18-27/h7-9,12,15-16,27-28,31,44H,10-11,13-14,17-20H2,1-6H3,(H,38,39)(H,45,46)/t27?,28?,31-/m1/s1. The molecule has 0 amide bonds. The van der Waals surface area contributed by atoms with E-state index >= 15 is 0 Å². The van der Waals surface area contributed by atoms with Gasteiger partial charge in [-0.2, -0.15) is 9.29 Å². The second kappa shape index (κ2) is 12.8. The molecule has 51 heavy (non-hydrogen) atoms. The van der Waals surface area contributed by atoms with Crippen molar-refractivity contribution < 1.29 is 32.9 Å². The summed E-state index contributed by atoms with van der Waals surface area (Å²) >= 11 is 0. The van der Waals surface area contributed by atoms with Crippen LogP contribution in [0.15, 0.2) is 41.4 Å². The lowest BCUT2D eigenvalue weighted by molar-refractivity contribution is -0.147. The highest BCUT2D eigenvalue weighted by molar-refractivity contribution is 7.89. The predicted molar refractivity (Wildman–Crippen MR) is 190 cm³/mol. The number of aliphatic carboxylic acids is 1. The zero-order valence-corrected chi connectivity index (χ0v) is 30.7. The lowest BCUT2D eigenvalue weighted by atomic mass is 9.70. The maximum Gasteiger partial charge on any atom is 0.310 e. The molecule has 13 nitrogen and oxygen atoms in total. The second-order valence-electron chi connectivity index (χ2n) is 15.1. The Kier molecular flexibility index (Phi) is 8.88. The summed E-state index contributed by atoms with van der Waals surface area (Å²) in [6.07, 6.45) is 3.70. The van der Waals surface area contributed by atoms with Crippen LogP contribution in [0.5, 0.6) is 5.88 Å². The molecule has 1 aromatic carbocycles. The molecule has 4 aromatic rings. The number of hydrogen-bond acceptors (Lipinski definition) is 10. The van der Waals surface area contributed by atoms with Crippen LogP contribution in [-0.4, -0.2) is 86.0 Å². The molecule has 1 saturated carbocycles. The van der Waals surface area contributed by atoms with Gasteiger partial charge in [-0.15, -0.1) is 10.2 Å². The van der Waals surface area contributed by atoms with Gasteiger partial charge in [0.05, 0.1) is 31.3 Å². The molecule has 5 heterocycles. The number of aliphatic hydroxyl groups excluding tert-OH is 1. The van der Waals surface area contributed by atoms with Gasteiger partial charge < -0.3 is 25.0 Å². The number of aryl methyl sites for hydroxylation is 4. The number of hydrogen-bond donors (Lipinski definition) is 3. The summed E-state index contributed by atoms with van der Waals surface area (Å²) in [4.78, 5) is 17.6. The Hall–Kier alpha value is -4.11. The van der Waals surface area contributed by atoms with Crippen molar-refractivity contribution in [2.45, 2.75) is 102 Å². The average Bonchev–Trinajstić information content (AvgIpc) is 3.41. The molecule has 3 N–H and O–H groups in total. The first kappa shape index (κ1) is 35.3. The summed E-state index contributed by atoms with van der Waals surface area (Å²) in [5.74, 6) is -0.203. The van der Waals surface area contributed by atoms with Crippen molar-refractivity contribution in [1.29, 1.82) is 0 Å². The lowest BCUT2D eigenvalue weighted by Crippen LogP contribution is -2.50. The number of carboxylic acid groups (broad SMARTS) is 1. The molecule has 7 rings (SSSR count). The topological polar surface area (TPSA) is 168 Å². The van der Waals surface area contributed by atoms with E-state index in [0.29, 0.717) is 55.9 Å². The summed E-state index contributed by atoms with van der Waals surface area (Å²) in [6, 6.07) is 9.43. The number of nitrogens with one attached hydrogen (secondary N) is 1. The first-order valence-electron chi connectivity index (χ1n) is 17.5. The number of fused-ring (bicyclic) bond motifs is 2. The number of anilines is 1. The highest BCUT2D eigenvalue weighted by atomic mass is 32.2. The molecule has 0 unspecified atom stereocenters. The zero-order valence-electron chi connectivity index (χ0n) is 29.9. The summed E-state index contributed by atoms with van der Waals surface area (Å²) in [7, 11) is -4.11. The molecule has 0 radical (unpaired) electrons. The molecule has 1 saturated heterocycles. The number of ether oxygens (including phenoxy) is 2. The van der Waals surface area contributed by atoms with Crippen LogP contribution < -0.4 is 10.1 Å². The number of sulfonamides is 1. The van der Waals surface area contributed by atoms with Gasteiger partial charge in [-0.1, -0.05) is 18.2 Å². The molecule has 2 fully saturated rings. The first-order valence-corrected chi connectivity index (χ1v) is 18.9. The first-order chi connectivity index (χ1) is 24.1. The Balaban J connectivity index is 1.30. The summed E-state index contributed by atoms with van der Waals surface area (Å²) in [5.41, 5.74) is 3.27. The van der Waals surface area contributed by atoms with Gasteiger partial charge in [0.25, 0.3) is 0 Å². The highest BCUT2D eigenvalue weighted by Crippen LogP contribution is 2.45. The molecular weight excluding hydrogens is 673 g/mol. The molecule has 272 valence electrons. The Morgan fingerprint density at radius 3 is 2.49 bits per heavy atom. The normalized spacial score (nSPS) is 22.1. The lowest BCUT2D eigenvalue weighted by Gasteiger charge is -2.38. The number of aromatic nitrogens is 4. The van der Waals surface area contributed by atoms with Crippen LogP contribution in [0.3, 0.4) is 0 Å². The fraction of sp³-hybridized carbons (Fsp3) is 0.514. The number of carbonyl (C=O) groups is 1. The third-order valence-electron chi connectivity index (χ3n) is 11.1. The minimum absolute atomic E-state index is 0.00813. The van der Waals surface area contributed by atoms with Gasteiger partial charge in [0, 0.05) is 37.5 Å². The minimum atomic E-state index is -4.11. The van der Waals surface area contributed by atoms with E-state index in [9.17, 15) is 23.4 Å². The summed E-state index contributed by atoms with van der Waals surface area (Å²) < 4.78 is 45.0. The quantitative estimate of drug-likeness (QED) is 0.232. The fourth-order valence-corrected chi connectivity index (χ4v) is 9.29. The predicted octanol–water partition coefficient (Wildman–Crippen LogP) is 4.67. The van der Waals surface area contributed by atoms with Crippen molar-refractivity contribution in [3.8, 4) is 5.88 Å². The van der Waals surface area contributed by atoms with Gasteiger partial charge in [0.2, 0.25) is 15.9 Å². The molecule has 0 bridgehead atoms. The number of benzene rings is 1. The molecule has 14 heteroatoms. The second-order valence-corrected chi connectivity index (χ2v) is 17.0. The maximum absolute atomic E-state index is 14.7. The van der Waals surface area contributed by atoms with E-state index in [0.717, 1.165) is 33.6 Å². The van der Waals surface area contributed by atoms with E-state index in [4.69, 9.17) is 14.5 Å². The van der Waals surface area contributed by atoms with Crippen LogP contribution in [-0.2, 0) is 26.1 Å². The smallest absolute Gasteiger partial charge is 0.310 e. The SMILES string of the molecule is Cc1ccc([C@H](c2ccn3c(C)nnc3c2C)C(C)(C)C(=O)O)cc1CN1CC2(CCOCC2)Oc2nc(NC3CC(O)C3)c(C)cc2S1(=O)=O. The fourth-order valence-electron chi connectivity index (χ4n) is 7.67. The van der Waals surface area contributed by atoms with Crippen LogP contribution in [0.25, 0.3) is 5.65 Å². The molecule has 3 aliphatic rings. The van der Waals surface area contributed by atoms with E-state index in [1.165, 1.54) is 4.31 Å². The van der Waals surface area contributed by atoms with Gasteiger partial charge in [-0.3, -0.25) is 9.20 Å². The Morgan fingerprint density at radius 1 is 1.08 bits per heavy atom. The number of pyridine rings is 2. The van der Waals surface area contributed by atoms with E-state index in [1.807, 2.05) is 62.6 Å². The summed E-state index contributed by atoms with van der Waals surface area (Å²) in [5, 5.41) is 32.3. The number of nitrogens with zero attached hydrogens (tertiary/aromatic N) is 5. The van der Waals surface area contributed by atoms with Crippen LogP contribution in [0.1, 0.15) is 84.7 Å². The Bertz CT molecular complexity index is 2120. The van der Waals surface area contributed by atoms with Crippen LogP contribution in [0, 0.1) is 33.1 Å². The Morgan fingerprint density at radius 2 is 1.80 bits per heavy atom. The third kappa shape index (κ3) is 6.25. The van der Waals surface area contributed by atoms with Crippen molar-refractivity contribution in [2.75, 3.05) is 25.1 Å². The number of rotatable bonds is 8. The highest BCUT2D eigenvalue weighted by Gasteiger charge is 2.46. The zero-order chi connectivity index (χ0) is 36.5. The molecule has 1 atom stereocenters. The van der Waals surface area contributed by atoms with E-state index in [-0.39, 0.29) is 36.0 Å². The Labute approximate surface area is 298 Å². The molecule has 1 aliphatic carbocycles. The van der Waals surface area contributed by atoms with E-state index in [2.05, 4.69) is 15.5 Å². The summed E-state index contributed by atoms with van der Waals surface area (Å²) in [6.45, 7) is 12.0. The molecular formula is C37H46N6O7S. The van der Waals surface area contributed by atoms with Crippen molar-refractivity contribution in [1.82, 2.24) is 23.9 Å². The molecule has 3 aromatic heterocycles. The van der Waals surface area contributed by atoms with E-state index in [1.54, 1.807) is 19.9 Å². The van der Waals surface area contributed by atoms with Gasteiger partial charge in [-0.05, 0) is 99.9 Å². The molecule has 1 spiro atoms. The maximum atomic E-state index is 14.7. The number of carboxylic acids is 1. The minimum Gasteiger partial charge on any atom is -0.481 e. The van der Waals surface area contributed by atoms with Gasteiger partial charge in [0.1, 0.15) is 22.1 Å². The van der Waals surface area contributed by atoms with Gasteiger partial charge in [-0.25, -0.2) is 8.42 Å². The van der Waals surface area contributed by atoms with Gasteiger partial charge in [0.15, 0.2) is 5.65 Å². The van der Waals surface area contributed by atoms with Crippen LogP contribution in [0.2, 0.25) is 0 Å². The van der Waals surface area contributed by atoms with Crippen molar-refractivity contribution in [3.05, 3.63) is 75.7 Å². The molecule has 2 aliphatic heterocycles. The van der Waals surface area contributed by atoms with Crippen LogP contribution in [0.4, 0.5) is 5.82 Å². The van der Waals surface area contributed by atoms with Crippen molar-refractivity contribution in [3.63, 3.8) is 0 Å². The number of aliphatic hydroxyl groups is 1.